The van der Waals surface area contributed by atoms with Crippen LogP contribution in [-0.2, 0) is 0 Å². The molecule has 1 N–H and O–H groups in total. The molecule has 2 atom stereocenters. The number of rotatable bonds is 2. The maximum Gasteiger partial charge on any atom is 0.272 e. The van der Waals surface area contributed by atoms with E-state index in [9.17, 15) is 9.90 Å². The average Bonchev–Trinajstić information content (AvgIpc) is 2.99. The Balaban J connectivity index is 1.85. The summed E-state index contributed by atoms with van der Waals surface area (Å²) in [4.78, 5) is 18.6. The lowest BCUT2D eigenvalue weighted by molar-refractivity contribution is 0.0293. The number of nitrogens with zero attached hydrogens (tertiary/aromatic N) is 3. The van der Waals surface area contributed by atoms with Gasteiger partial charge in [-0.05, 0) is 24.5 Å². The molecule has 21 heavy (non-hydrogen) atoms. The second kappa shape index (κ2) is 5.69. The van der Waals surface area contributed by atoms with Crippen LogP contribution in [0.15, 0.2) is 42.9 Å². The van der Waals surface area contributed by atoms with E-state index in [-0.39, 0.29) is 17.9 Å². The molecule has 0 spiro atoms. The van der Waals surface area contributed by atoms with Crippen LogP contribution in [0.25, 0.3) is 5.69 Å². The summed E-state index contributed by atoms with van der Waals surface area (Å²) in [5.41, 5.74) is 1.48. The molecule has 1 aromatic carbocycles. The van der Waals surface area contributed by atoms with E-state index in [0.29, 0.717) is 25.2 Å². The standard InChI is InChI=1S/C16H19N3O2/c1-12-10-18(8-7-15(12)20)16(21)14-9-17-11-19(14)13-5-3-2-4-6-13/h2-6,9,11-12,15,20H,7-8,10H2,1H3. The molecule has 110 valence electrons. The highest BCUT2D eigenvalue weighted by Crippen LogP contribution is 2.20. The van der Waals surface area contributed by atoms with Gasteiger partial charge in [-0.3, -0.25) is 9.36 Å². The highest BCUT2D eigenvalue weighted by molar-refractivity contribution is 5.93. The number of amides is 1. The van der Waals surface area contributed by atoms with Gasteiger partial charge in [0.2, 0.25) is 0 Å². The van der Waals surface area contributed by atoms with Crippen LogP contribution in [0.3, 0.4) is 0 Å². The first-order valence-corrected chi connectivity index (χ1v) is 7.22. The molecule has 1 fully saturated rings. The number of aliphatic hydroxyl groups is 1. The topological polar surface area (TPSA) is 58.4 Å². The van der Waals surface area contributed by atoms with Crippen molar-refractivity contribution in [2.24, 2.45) is 5.92 Å². The van der Waals surface area contributed by atoms with Gasteiger partial charge in [0.15, 0.2) is 0 Å². The van der Waals surface area contributed by atoms with Gasteiger partial charge in [0.1, 0.15) is 5.69 Å². The van der Waals surface area contributed by atoms with Crippen LogP contribution in [-0.4, -0.2) is 44.7 Å². The van der Waals surface area contributed by atoms with Crippen molar-refractivity contribution in [1.82, 2.24) is 14.5 Å². The zero-order valence-corrected chi connectivity index (χ0v) is 12.0. The Bertz CT molecular complexity index is 623. The van der Waals surface area contributed by atoms with Gasteiger partial charge in [-0.25, -0.2) is 4.98 Å². The monoisotopic (exact) mass is 285 g/mol. The van der Waals surface area contributed by atoms with Gasteiger partial charge in [-0.1, -0.05) is 25.1 Å². The average molecular weight is 285 g/mol. The number of piperidine rings is 1. The van der Waals surface area contributed by atoms with Crippen molar-refractivity contribution in [3.63, 3.8) is 0 Å². The minimum Gasteiger partial charge on any atom is -0.393 e. The van der Waals surface area contributed by atoms with Crippen LogP contribution >= 0.6 is 0 Å². The molecule has 0 radical (unpaired) electrons. The summed E-state index contributed by atoms with van der Waals surface area (Å²) in [6.45, 7) is 3.14. The lowest BCUT2D eigenvalue weighted by Crippen LogP contribution is -2.45. The van der Waals surface area contributed by atoms with Crippen molar-refractivity contribution in [3.8, 4) is 5.69 Å². The molecule has 0 saturated carbocycles. The first-order valence-electron chi connectivity index (χ1n) is 7.22. The van der Waals surface area contributed by atoms with Crippen molar-refractivity contribution in [2.75, 3.05) is 13.1 Å². The minimum absolute atomic E-state index is 0.0323. The Kier molecular flexibility index (Phi) is 3.75. The Labute approximate surface area is 123 Å². The lowest BCUT2D eigenvalue weighted by atomic mass is 9.96. The molecule has 2 unspecified atom stereocenters. The third-order valence-corrected chi connectivity index (χ3v) is 4.04. The molecule has 5 heteroatoms. The lowest BCUT2D eigenvalue weighted by Gasteiger charge is -2.34. The maximum atomic E-state index is 12.7. The van der Waals surface area contributed by atoms with Crippen LogP contribution in [0.1, 0.15) is 23.8 Å². The normalized spacial score (nSPS) is 22.3. The molecule has 0 bridgehead atoms. The first-order chi connectivity index (χ1) is 10.2. The van der Waals surface area contributed by atoms with Gasteiger partial charge >= 0.3 is 0 Å². The van der Waals surface area contributed by atoms with Crippen molar-refractivity contribution in [1.29, 1.82) is 0 Å². The van der Waals surface area contributed by atoms with Crippen LogP contribution in [0.2, 0.25) is 0 Å². The number of carbonyl (C=O) groups is 1. The van der Waals surface area contributed by atoms with Gasteiger partial charge in [0.05, 0.1) is 18.6 Å². The highest BCUT2D eigenvalue weighted by atomic mass is 16.3. The predicted octanol–water partition coefficient (Wildman–Crippen LogP) is 1.72. The van der Waals surface area contributed by atoms with E-state index in [2.05, 4.69) is 4.98 Å². The van der Waals surface area contributed by atoms with E-state index in [1.165, 1.54) is 0 Å². The van der Waals surface area contributed by atoms with E-state index in [1.807, 2.05) is 37.3 Å². The van der Waals surface area contributed by atoms with E-state index in [4.69, 9.17) is 0 Å². The summed E-state index contributed by atoms with van der Waals surface area (Å²) in [6, 6.07) is 9.70. The molecular formula is C16H19N3O2. The Morgan fingerprint density at radius 2 is 2.10 bits per heavy atom. The molecule has 1 aliphatic heterocycles. The van der Waals surface area contributed by atoms with E-state index in [0.717, 1.165) is 5.69 Å². The first kappa shape index (κ1) is 13.8. The molecule has 3 rings (SSSR count). The summed E-state index contributed by atoms with van der Waals surface area (Å²) in [7, 11) is 0. The molecule has 1 aromatic heterocycles. The molecule has 5 nitrogen and oxygen atoms in total. The number of hydrogen-bond donors (Lipinski definition) is 1. The highest BCUT2D eigenvalue weighted by Gasteiger charge is 2.29. The number of benzene rings is 1. The van der Waals surface area contributed by atoms with Crippen LogP contribution < -0.4 is 0 Å². The number of imidazole rings is 1. The van der Waals surface area contributed by atoms with E-state index < -0.39 is 0 Å². The van der Waals surface area contributed by atoms with Gasteiger partial charge < -0.3 is 10.0 Å². The molecule has 2 heterocycles. The van der Waals surface area contributed by atoms with Crippen LogP contribution in [0.4, 0.5) is 0 Å². The van der Waals surface area contributed by atoms with Crippen molar-refractivity contribution in [2.45, 2.75) is 19.4 Å². The third-order valence-electron chi connectivity index (χ3n) is 4.04. The molecule has 1 saturated heterocycles. The largest absolute Gasteiger partial charge is 0.393 e. The molecule has 1 amide bonds. The second-order valence-electron chi connectivity index (χ2n) is 5.57. The molecule has 1 aliphatic rings. The van der Waals surface area contributed by atoms with E-state index >= 15 is 0 Å². The summed E-state index contributed by atoms with van der Waals surface area (Å²) in [5.74, 6) is 0.0749. The Hall–Kier alpha value is -2.14. The van der Waals surface area contributed by atoms with Gasteiger partial charge in [0, 0.05) is 18.8 Å². The van der Waals surface area contributed by atoms with Gasteiger partial charge in [-0.15, -0.1) is 0 Å². The van der Waals surface area contributed by atoms with Crippen LogP contribution in [0.5, 0.6) is 0 Å². The van der Waals surface area contributed by atoms with Crippen LogP contribution in [0, 0.1) is 5.92 Å². The maximum absolute atomic E-state index is 12.7. The van der Waals surface area contributed by atoms with Gasteiger partial charge in [-0.2, -0.15) is 0 Å². The SMILES string of the molecule is CC1CN(C(=O)c2cncn2-c2ccccc2)CCC1O. The number of aliphatic hydroxyl groups excluding tert-OH is 1. The van der Waals surface area contributed by atoms with Crippen molar-refractivity contribution < 1.29 is 9.90 Å². The summed E-state index contributed by atoms with van der Waals surface area (Å²) in [5, 5.41) is 9.78. The zero-order valence-electron chi connectivity index (χ0n) is 12.0. The number of likely N-dealkylation sites (tertiary alicyclic amines) is 1. The Morgan fingerprint density at radius 1 is 1.33 bits per heavy atom. The fourth-order valence-electron chi connectivity index (χ4n) is 2.73. The Morgan fingerprint density at radius 3 is 2.81 bits per heavy atom. The smallest absolute Gasteiger partial charge is 0.272 e. The molecule has 0 aliphatic carbocycles. The third kappa shape index (κ3) is 2.69. The number of hydrogen-bond acceptors (Lipinski definition) is 3. The second-order valence-corrected chi connectivity index (χ2v) is 5.57. The summed E-state index contributed by atoms with van der Waals surface area (Å²) < 4.78 is 1.80. The fraction of sp³-hybridized carbons (Fsp3) is 0.375. The summed E-state index contributed by atoms with van der Waals surface area (Å²) >= 11 is 0. The predicted molar refractivity (Wildman–Crippen MR) is 79.3 cm³/mol. The van der Waals surface area contributed by atoms with Crippen molar-refractivity contribution >= 4 is 5.91 Å². The van der Waals surface area contributed by atoms with Crippen molar-refractivity contribution in [3.05, 3.63) is 48.5 Å². The van der Waals surface area contributed by atoms with E-state index in [1.54, 1.807) is 22.0 Å². The fourth-order valence-corrected chi connectivity index (χ4v) is 2.73. The minimum atomic E-state index is -0.312. The molecule has 2 aromatic rings. The van der Waals surface area contributed by atoms with Gasteiger partial charge in [0.25, 0.3) is 5.91 Å². The summed E-state index contributed by atoms with van der Waals surface area (Å²) in [6.07, 6.45) is 3.58. The number of carbonyl (C=O) groups excluding carboxylic acids is 1. The number of aromatic nitrogens is 2. The zero-order chi connectivity index (χ0) is 14.8. The molecular weight excluding hydrogens is 266 g/mol. The quantitative estimate of drug-likeness (QED) is 0.914. The number of para-hydroxylation sites is 1.